The average Bonchev–Trinajstić information content (AvgIpc) is 2.84. The van der Waals surface area contributed by atoms with Gasteiger partial charge in [0, 0.05) is 12.6 Å². The van der Waals surface area contributed by atoms with Crippen molar-refractivity contribution in [3.05, 3.63) is 108 Å². The maximum atomic E-state index is 14.5. The van der Waals surface area contributed by atoms with Crippen LogP contribution in [0.3, 0.4) is 0 Å². The van der Waals surface area contributed by atoms with Gasteiger partial charge in [0.1, 0.15) is 23.0 Å². The van der Waals surface area contributed by atoms with Crippen LogP contribution in [-0.2, 0) is 11.3 Å². The Hall–Kier alpha value is -4.15. The Morgan fingerprint density at radius 2 is 1.74 bits per heavy atom. The van der Waals surface area contributed by atoms with Crippen LogP contribution in [0.15, 0.2) is 96.7 Å². The van der Waals surface area contributed by atoms with E-state index in [2.05, 4.69) is 11.9 Å². The lowest BCUT2D eigenvalue weighted by Crippen LogP contribution is -2.37. The van der Waals surface area contributed by atoms with Gasteiger partial charge in [-0.05, 0) is 48.0 Å². The van der Waals surface area contributed by atoms with Crippen LogP contribution in [0, 0.1) is 5.82 Å². The number of amides is 1. The molecule has 0 aliphatic heterocycles. The molecule has 0 aromatic heterocycles. The minimum absolute atomic E-state index is 0.140. The minimum Gasteiger partial charge on any atom is -0.457 e. The Labute approximate surface area is 199 Å². The van der Waals surface area contributed by atoms with E-state index in [0.717, 1.165) is 11.1 Å². The zero-order chi connectivity index (χ0) is 25.6. The largest absolute Gasteiger partial charge is 0.457 e. The van der Waals surface area contributed by atoms with Crippen LogP contribution in [0.4, 0.5) is 28.9 Å². The van der Waals surface area contributed by atoms with Crippen molar-refractivity contribution >= 4 is 17.3 Å². The number of anilines is 2. The highest BCUT2D eigenvalue weighted by atomic mass is 19.4. The summed E-state index contributed by atoms with van der Waals surface area (Å²) in [6, 6.07) is 18.4. The number of nitrogens with zero attached hydrogens (tertiary/aromatic N) is 1. The second-order valence-electron chi connectivity index (χ2n) is 7.31. The van der Waals surface area contributed by atoms with Gasteiger partial charge in [0.25, 0.3) is 5.91 Å². The van der Waals surface area contributed by atoms with E-state index in [1.54, 1.807) is 42.5 Å². The number of rotatable bonds is 8. The first kappa shape index (κ1) is 25.5. The summed E-state index contributed by atoms with van der Waals surface area (Å²) in [6.07, 6.45) is -4.34. The molecule has 6 nitrogen and oxygen atoms in total. The molecule has 3 aromatic rings. The smallest absolute Gasteiger partial charge is 0.415 e. The Bertz CT molecular complexity index is 1240. The van der Waals surface area contributed by atoms with Crippen LogP contribution < -0.4 is 26.6 Å². The van der Waals surface area contributed by atoms with Gasteiger partial charge in [-0.15, -0.1) is 0 Å². The molecule has 3 aromatic carbocycles. The molecule has 182 valence electrons. The highest BCUT2D eigenvalue weighted by molar-refractivity contribution is 6.06. The molecule has 0 spiro atoms. The molecule has 0 unspecified atom stereocenters. The number of nitrogens with one attached hydrogen (secondary N) is 1. The number of para-hydroxylation sites is 1. The van der Waals surface area contributed by atoms with Gasteiger partial charge in [0.05, 0.1) is 16.9 Å². The van der Waals surface area contributed by atoms with Gasteiger partial charge >= 0.3 is 6.18 Å². The Morgan fingerprint density at radius 1 is 1.03 bits per heavy atom. The van der Waals surface area contributed by atoms with E-state index in [1.807, 2.05) is 0 Å². The summed E-state index contributed by atoms with van der Waals surface area (Å²) < 4.78 is 59.6. The topological polar surface area (TPSA) is 93.6 Å². The molecule has 0 radical (unpaired) electrons. The molecule has 3 rings (SSSR count). The monoisotopic (exact) mass is 486 g/mol. The van der Waals surface area contributed by atoms with Gasteiger partial charge < -0.3 is 15.8 Å². The normalized spacial score (nSPS) is 11.7. The summed E-state index contributed by atoms with van der Waals surface area (Å²) in [5.41, 5.74) is 4.15. The van der Waals surface area contributed by atoms with Gasteiger partial charge in [0.2, 0.25) is 0 Å². The molecule has 0 saturated heterocycles. The molecule has 0 heterocycles. The molecule has 1 amide bonds. The predicted molar refractivity (Wildman–Crippen MR) is 126 cm³/mol. The van der Waals surface area contributed by atoms with Gasteiger partial charge in [0.15, 0.2) is 0 Å². The van der Waals surface area contributed by atoms with E-state index < -0.39 is 29.2 Å². The van der Waals surface area contributed by atoms with E-state index in [0.29, 0.717) is 17.4 Å². The zero-order valence-corrected chi connectivity index (χ0v) is 18.4. The predicted octanol–water partition coefficient (Wildman–Crippen LogP) is 5.40. The molecular formula is C25H22F4N4O2. The third kappa shape index (κ3) is 6.69. The fourth-order valence-electron chi connectivity index (χ4n) is 2.94. The van der Waals surface area contributed by atoms with Crippen molar-refractivity contribution in [1.82, 2.24) is 0 Å². The number of halogens is 4. The lowest BCUT2D eigenvalue weighted by atomic mass is 10.1. The Morgan fingerprint density at radius 3 is 2.40 bits per heavy atom. The lowest BCUT2D eigenvalue weighted by Gasteiger charge is -2.23. The van der Waals surface area contributed by atoms with Crippen molar-refractivity contribution in [3.8, 4) is 11.5 Å². The van der Waals surface area contributed by atoms with Crippen molar-refractivity contribution in [1.29, 1.82) is 0 Å². The molecule has 5 N–H and O–H groups in total. The number of alkyl halides is 3. The highest BCUT2D eigenvalue weighted by Crippen LogP contribution is 2.29. The third-order valence-corrected chi connectivity index (χ3v) is 4.76. The van der Waals surface area contributed by atoms with Gasteiger partial charge in [-0.2, -0.15) is 13.2 Å². The first-order valence-corrected chi connectivity index (χ1v) is 10.2. The maximum Gasteiger partial charge on any atom is 0.415 e. The van der Waals surface area contributed by atoms with Crippen LogP contribution in [0.2, 0.25) is 0 Å². The van der Waals surface area contributed by atoms with E-state index in [9.17, 15) is 22.4 Å². The van der Waals surface area contributed by atoms with Crippen LogP contribution in [-0.4, -0.2) is 12.1 Å². The van der Waals surface area contributed by atoms with Crippen LogP contribution >= 0.6 is 0 Å². The molecule has 0 aliphatic carbocycles. The number of carbonyl (C=O) groups excluding carboxylic acids is 1. The molecule has 35 heavy (non-hydrogen) atoms. The van der Waals surface area contributed by atoms with Crippen molar-refractivity contribution in [3.63, 3.8) is 0 Å². The third-order valence-electron chi connectivity index (χ3n) is 4.76. The number of ether oxygens (including phenoxy) is 1. The SMILES string of the molecule is C=C(/C=C(/C(=O)Nc1cc(Oc2ccccc2)ccc1F)N(N)c1cccc(CN)c1)C(F)(F)F. The number of hydrazine groups is 1. The average molecular weight is 486 g/mol. The number of nitrogens with two attached hydrogens (primary N) is 2. The van der Waals surface area contributed by atoms with Gasteiger partial charge in [-0.3, -0.25) is 9.80 Å². The minimum atomic E-state index is -4.82. The maximum absolute atomic E-state index is 14.5. The second-order valence-corrected chi connectivity index (χ2v) is 7.31. The van der Waals surface area contributed by atoms with E-state index in [-0.39, 0.29) is 23.7 Å². The van der Waals surface area contributed by atoms with Crippen LogP contribution in [0.5, 0.6) is 11.5 Å². The Kier molecular flexibility index (Phi) is 7.90. The molecule has 0 aliphatic rings. The number of hydrogen-bond donors (Lipinski definition) is 3. The molecule has 0 fully saturated rings. The van der Waals surface area contributed by atoms with Crippen molar-refractivity contribution < 1.29 is 27.1 Å². The molecular weight excluding hydrogens is 464 g/mol. The zero-order valence-electron chi connectivity index (χ0n) is 18.4. The van der Waals surface area contributed by atoms with Gasteiger partial charge in [-0.1, -0.05) is 36.9 Å². The standard InChI is InChI=1S/C25H22F4N4O2/c1-16(25(27,28)29)12-23(33(31)18-7-5-6-17(13-18)15-30)24(34)32-22-14-20(10-11-21(22)26)35-19-8-3-2-4-9-19/h2-14H,1,15,30-31H2,(H,32,34)/b23-12-. The highest BCUT2D eigenvalue weighted by Gasteiger charge is 2.32. The summed E-state index contributed by atoms with van der Waals surface area (Å²) in [4.78, 5) is 13.0. The lowest BCUT2D eigenvalue weighted by molar-refractivity contribution is -0.113. The van der Waals surface area contributed by atoms with Gasteiger partial charge in [-0.25, -0.2) is 10.2 Å². The first-order valence-electron chi connectivity index (χ1n) is 10.2. The number of benzene rings is 3. The summed E-state index contributed by atoms with van der Waals surface area (Å²) >= 11 is 0. The van der Waals surface area contributed by atoms with E-state index in [1.165, 1.54) is 24.3 Å². The fraction of sp³-hybridized carbons (Fsp3) is 0.0800. The van der Waals surface area contributed by atoms with E-state index in [4.69, 9.17) is 16.3 Å². The summed E-state index contributed by atoms with van der Waals surface area (Å²) in [7, 11) is 0. The summed E-state index contributed by atoms with van der Waals surface area (Å²) in [6.45, 7) is 3.11. The van der Waals surface area contributed by atoms with Crippen LogP contribution in [0.25, 0.3) is 0 Å². The molecule has 10 heteroatoms. The fourth-order valence-corrected chi connectivity index (χ4v) is 2.94. The molecule has 0 saturated carbocycles. The Balaban J connectivity index is 1.94. The number of allylic oxidation sites excluding steroid dienone is 2. The first-order chi connectivity index (χ1) is 16.6. The number of carbonyl (C=O) groups is 1. The summed E-state index contributed by atoms with van der Waals surface area (Å²) in [5, 5.41) is 3.00. The summed E-state index contributed by atoms with van der Waals surface area (Å²) in [5.74, 6) is 4.74. The van der Waals surface area contributed by atoms with Crippen LogP contribution in [0.1, 0.15) is 5.56 Å². The van der Waals surface area contributed by atoms with Crippen molar-refractivity contribution in [2.24, 2.45) is 11.6 Å². The van der Waals surface area contributed by atoms with Crippen molar-refractivity contribution in [2.45, 2.75) is 12.7 Å². The molecule has 0 bridgehead atoms. The second kappa shape index (κ2) is 10.9. The quantitative estimate of drug-likeness (QED) is 0.130. The van der Waals surface area contributed by atoms with Crippen molar-refractivity contribution in [2.75, 3.05) is 10.3 Å². The number of hydrogen-bond acceptors (Lipinski definition) is 5. The molecule has 0 atom stereocenters. The van der Waals surface area contributed by atoms with E-state index >= 15 is 0 Å².